The van der Waals surface area contributed by atoms with Crippen molar-refractivity contribution < 1.29 is 33.0 Å². The first-order valence-corrected chi connectivity index (χ1v) is 13.4. The summed E-state index contributed by atoms with van der Waals surface area (Å²) in [5, 5.41) is 13.0. The van der Waals surface area contributed by atoms with Gasteiger partial charge < -0.3 is 24.5 Å². The number of esters is 1. The largest absolute Gasteiger partial charge is 0.460 e. The molecular weight excluding hydrogens is 505 g/mol. The number of aliphatic hydroxyl groups excluding tert-OH is 1. The molecular formula is C29H40FN3O6. The lowest BCUT2D eigenvalue weighted by Crippen LogP contribution is -2.45. The van der Waals surface area contributed by atoms with Gasteiger partial charge in [0, 0.05) is 25.4 Å². The number of allylic oxidation sites excluding steroid dienone is 2. The standard InChI is InChI=1S/C29H40FN3O6/c1-18-8-6-12-31-24(35)11-10-19(2)26(29(3,4)5)39-28(37)23-9-7-13-33(23)27(36)22-17-38-25(32-22)16-20(30)15-21(34)14-18/h6,8,10-11,14,17,19-21,23,26,34H,7,9,12-13,15-16H2,1-5H3,(H,31,35)/b8-6?,11-10+,18-14?. The summed E-state index contributed by atoms with van der Waals surface area (Å²) in [6.07, 6.45) is 6.95. The van der Waals surface area contributed by atoms with E-state index in [1.165, 1.54) is 23.3 Å². The van der Waals surface area contributed by atoms with E-state index in [0.29, 0.717) is 25.0 Å². The van der Waals surface area contributed by atoms with E-state index in [0.717, 1.165) is 0 Å². The second-order valence-corrected chi connectivity index (χ2v) is 11.4. The normalized spacial score (nSPS) is 29.3. The minimum atomic E-state index is -1.45. The Morgan fingerprint density at radius 1 is 1.21 bits per heavy atom. The number of hydrogen-bond donors (Lipinski definition) is 2. The summed E-state index contributed by atoms with van der Waals surface area (Å²) in [4.78, 5) is 44.4. The van der Waals surface area contributed by atoms with Crippen LogP contribution in [0.2, 0.25) is 0 Å². The van der Waals surface area contributed by atoms with Crippen molar-refractivity contribution in [2.24, 2.45) is 11.3 Å². The summed E-state index contributed by atoms with van der Waals surface area (Å²) in [6, 6.07) is -0.783. The molecule has 0 saturated carbocycles. The predicted molar refractivity (Wildman–Crippen MR) is 143 cm³/mol. The van der Waals surface area contributed by atoms with Crippen LogP contribution < -0.4 is 5.32 Å². The van der Waals surface area contributed by atoms with Crippen molar-refractivity contribution in [3.8, 4) is 0 Å². The number of nitrogens with one attached hydrogen (secondary N) is 1. The number of hydrogen-bond acceptors (Lipinski definition) is 7. The van der Waals surface area contributed by atoms with Crippen molar-refractivity contribution in [1.29, 1.82) is 0 Å². The van der Waals surface area contributed by atoms with Crippen LogP contribution in [0.15, 0.2) is 46.6 Å². The Kier molecular flexibility index (Phi) is 10.2. The first kappa shape index (κ1) is 30.3. The van der Waals surface area contributed by atoms with Crippen LogP contribution in [0.25, 0.3) is 0 Å². The number of fused-ring (bicyclic) bond motifs is 3. The second-order valence-electron chi connectivity index (χ2n) is 11.4. The maximum Gasteiger partial charge on any atom is 0.329 e. The van der Waals surface area contributed by atoms with Crippen LogP contribution in [0.3, 0.4) is 0 Å². The van der Waals surface area contributed by atoms with E-state index in [9.17, 15) is 23.9 Å². The van der Waals surface area contributed by atoms with Gasteiger partial charge in [-0.1, -0.05) is 57.6 Å². The molecule has 0 aromatic carbocycles. The Labute approximate surface area is 229 Å². The maximum absolute atomic E-state index is 14.6. The molecule has 214 valence electrons. The van der Waals surface area contributed by atoms with Crippen molar-refractivity contribution in [2.75, 3.05) is 13.1 Å². The van der Waals surface area contributed by atoms with Crippen molar-refractivity contribution >= 4 is 17.8 Å². The SMILES string of the molecule is CC1=CC(O)CC(F)Cc2nc(co2)C(=O)N2CCCC2C(=O)OC(C(C)(C)C)C(C)/C=C/C(=O)NCC=C1. The van der Waals surface area contributed by atoms with Crippen LogP contribution >= 0.6 is 0 Å². The molecule has 0 spiro atoms. The molecule has 1 fully saturated rings. The zero-order chi connectivity index (χ0) is 28.7. The van der Waals surface area contributed by atoms with E-state index in [4.69, 9.17) is 9.15 Å². The highest BCUT2D eigenvalue weighted by atomic mass is 19.1. The third-order valence-electron chi connectivity index (χ3n) is 6.81. The number of aromatic nitrogens is 1. The smallest absolute Gasteiger partial charge is 0.329 e. The van der Waals surface area contributed by atoms with Gasteiger partial charge in [-0.15, -0.1) is 0 Å². The first-order chi connectivity index (χ1) is 18.3. The average Bonchev–Trinajstić information content (AvgIpc) is 3.51. The molecule has 2 amide bonds. The van der Waals surface area contributed by atoms with Gasteiger partial charge in [-0.3, -0.25) is 9.59 Å². The van der Waals surface area contributed by atoms with Crippen LogP contribution in [-0.4, -0.2) is 70.3 Å². The molecule has 2 aliphatic heterocycles. The summed E-state index contributed by atoms with van der Waals surface area (Å²) >= 11 is 0. The van der Waals surface area contributed by atoms with Gasteiger partial charge in [0.25, 0.3) is 5.91 Å². The summed E-state index contributed by atoms with van der Waals surface area (Å²) in [5.41, 5.74) is 0.272. The van der Waals surface area contributed by atoms with Crippen molar-refractivity contribution in [1.82, 2.24) is 15.2 Å². The molecule has 39 heavy (non-hydrogen) atoms. The quantitative estimate of drug-likeness (QED) is 0.477. The molecule has 1 saturated heterocycles. The van der Waals surface area contributed by atoms with Gasteiger partial charge in [-0.05, 0) is 31.3 Å². The maximum atomic E-state index is 14.6. The molecule has 3 rings (SSSR count). The van der Waals surface area contributed by atoms with Gasteiger partial charge in [-0.25, -0.2) is 14.2 Å². The van der Waals surface area contributed by atoms with E-state index in [1.54, 1.807) is 25.2 Å². The lowest BCUT2D eigenvalue weighted by atomic mass is 9.81. The summed E-state index contributed by atoms with van der Waals surface area (Å²) in [6.45, 7) is 10.1. The third kappa shape index (κ3) is 8.61. The molecule has 2 N–H and O–H groups in total. The summed E-state index contributed by atoms with van der Waals surface area (Å²) in [5.74, 6) is -1.54. The number of aliphatic hydroxyl groups is 1. The molecule has 5 unspecified atom stereocenters. The van der Waals surface area contributed by atoms with Crippen LogP contribution in [0.5, 0.6) is 0 Å². The van der Waals surface area contributed by atoms with E-state index in [2.05, 4.69) is 10.3 Å². The zero-order valence-electron chi connectivity index (χ0n) is 23.4. The summed E-state index contributed by atoms with van der Waals surface area (Å²) in [7, 11) is 0. The minimum absolute atomic E-state index is 0.00796. The number of rotatable bonds is 0. The highest BCUT2D eigenvalue weighted by Gasteiger charge is 2.40. The molecule has 0 radical (unpaired) electrons. The van der Waals surface area contributed by atoms with Gasteiger partial charge in [-0.2, -0.15) is 0 Å². The first-order valence-electron chi connectivity index (χ1n) is 13.4. The van der Waals surface area contributed by atoms with Crippen molar-refractivity contribution in [3.05, 3.63) is 53.8 Å². The molecule has 9 nitrogen and oxygen atoms in total. The van der Waals surface area contributed by atoms with E-state index in [1.807, 2.05) is 27.7 Å². The highest BCUT2D eigenvalue weighted by molar-refractivity contribution is 5.95. The van der Waals surface area contributed by atoms with Crippen molar-refractivity contribution in [3.63, 3.8) is 0 Å². The number of amides is 2. The lowest BCUT2D eigenvalue weighted by Gasteiger charge is -2.35. The Morgan fingerprint density at radius 3 is 2.67 bits per heavy atom. The zero-order valence-corrected chi connectivity index (χ0v) is 23.4. The Bertz CT molecular complexity index is 1120. The molecule has 3 heterocycles. The number of carbonyl (C=O) groups is 3. The van der Waals surface area contributed by atoms with E-state index in [-0.39, 0.29) is 42.8 Å². The minimum Gasteiger partial charge on any atom is -0.460 e. The fourth-order valence-corrected chi connectivity index (χ4v) is 4.95. The van der Waals surface area contributed by atoms with Gasteiger partial charge in [0.05, 0.1) is 12.5 Å². The number of cyclic esters (lactones) is 1. The van der Waals surface area contributed by atoms with Gasteiger partial charge in [0.1, 0.15) is 24.6 Å². The second kappa shape index (κ2) is 13.2. The third-order valence-corrected chi connectivity index (χ3v) is 6.81. The predicted octanol–water partition coefficient (Wildman–Crippen LogP) is 3.69. The fraction of sp³-hybridized carbons (Fsp3) is 0.586. The number of ether oxygens (including phenoxy) is 1. The van der Waals surface area contributed by atoms with Crippen LogP contribution in [-0.2, 0) is 20.7 Å². The number of nitrogens with zero attached hydrogens (tertiary/aromatic N) is 2. The molecule has 2 bridgehead atoms. The van der Waals surface area contributed by atoms with E-state index < -0.39 is 41.7 Å². The molecule has 1 aromatic heterocycles. The highest BCUT2D eigenvalue weighted by Crippen LogP contribution is 2.31. The average molecular weight is 546 g/mol. The van der Waals surface area contributed by atoms with Crippen LogP contribution in [0.4, 0.5) is 4.39 Å². The number of carbonyl (C=O) groups excluding carboxylic acids is 3. The Morgan fingerprint density at radius 2 is 1.95 bits per heavy atom. The van der Waals surface area contributed by atoms with E-state index >= 15 is 0 Å². The molecule has 5 atom stereocenters. The van der Waals surface area contributed by atoms with Crippen LogP contribution in [0, 0.1) is 11.3 Å². The van der Waals surface area contributed by atoms with Gasteiger partial charge in [0.2, 0.25) is 5.91 Å². The fourth-order valence-electron chi connectivity index (χ4n) is 4.95. The number of oxazole rings is 1. The summed E-state index contributed by atoms with van der Waals surface area (Å²) < 4.78 is 26.0. The monoisotopic (exact) mass is 545 g/mol. The Hall–Kier alpha value is -3.27. The van der Waals surface area contributed by atoms with Gasteiger partial charge >= 0.3 is 5.97 Å². The molecule has 2 aliphatic rings. The number of halogens is 1. The number of alkyl halides is 1. The molecule has 0 aliphatic carbocycles. The van der Waals surface area contributed by atoms with Crippen LogP contribution in [0.1, 0.15) is 70.3 Å². The molecule has 10 heteroatoms. The van der Waals surface area contributed by atoms with Gasteiger partial charge in [0.15, 0.2) is 11.6 Å². The Balaban J connectivity index is 1.88. The lowest BCUT2D eigenvalue weighted by molar-refractivity contribution is -0.162. The van der Waals surface area contributed by atoms with Crippen molar-refractivity contribution in [2.45, 2.75) is 84.7 Å². The topological polar surface area (TPSA) is 122 Å². The molecule has 1 aromatic rings.